The van der Waals surface area contributed by atoms with Gasteiger partial charge in [-0.05, 0) is 36.4 Å². The van der Waals surface area contributed by atoms with E-state index in [4.69, 9.17) is 0 Å². The molecule has 3 aliphatic heterocycles. The summed E-state index contributed by atoms with van der Waals surface area (Å²) >= 11 is 1.60. The molecule has 0 saturated carbocycles. The van der Waals surface area contributed by atoms with Gasteiger partial charge in [0.05, 0.1) is 16.1 Å². The third-order valence-electron chi connectivity index (χ3n) is 4.71. The molecule has 4 nitrogen and oxygen atoms in total. The molecule has 0 spiro atoms. The van der Waals surface area contributed by atoms with Gasteiger partial charge in [0.1, 0.15) is 0 Å². The number of piperidine rings is 1. The smallest absolute Gasteiger partial charge is 0.255 e. The highest BCUT2D eigenvalue weighted by molar-refractivity contribution is 7.14. The second-order valence-electron chi connectivity index (χ2n) is 5.95. The zero-order valence-corrected chi connectivity index (χ0v) is 13.3. The van der Waals surface area contributed by atoms with Gasteiger partial charge in [-0.1, -0.05) is 6.07 Å². The van der Waals surface area contributed by atoms with Crippen LogP contribution in [-0.4, -0.2) is 52.9 Å². The van der Waals surface area contributed by atoms with Crippen molar-refractivity contribution in [3.8, 4) is 10.6 Å². The molecular weight excluding hydrogens is 294 g/mol. The van der Waals surface area contributed by atoms with Crippen LogP contribution in [0, 0.1) is 0 Å². The van der Waals surface area contributed by atoms with Gasteiger partial charge in [-0.3, -0.25) is 9.78 Å². The number of hydrogen-bond donors (Lipinski definition) is 0. The Morgan fingerprint density at radius 1 is 1.14 bits per heavy atom. The molecule has 3 aliphatic rings. The highest BCUT2D eigenvalue weighted by atomic mass is 32.1. The van der Waals surface area contributed by atoms with Gasteiger partial charge in [0.15, 0.2) is 0 Å². The van der Waals surface area contributed by atoms with Gasteiger partial charge in [-0.2, -0.15) is 0 Å². The minimum Gasteiger partial charge on any atom is -0.334 e. The fraction of sp³-hybridized carbons (Fsp3) is 0.412. The molecule has 5 heterocycles. The largest absolute Gasteiger partial charge is 0.334 e. The second kappa shape index (κ2) is 5.82. The molecule has 0 aromatic carbocycles. The first-order valence-electron chi connectivity index (χ1n) is 7.85. The minimum absolute atomic E-state index is 0.177. The van der Waals surface area contributed by atoms with Crippen LogP contribution in [0.1, 0.15) is 23.2 Å². The molecule has 0 atom stereocenters. The van der Waals surface area contributed by atoms with Gasteiger partial charge in [0, 0.05) is 38.4 Å². The Labute approximate surface area is 134 Å². The van der Waals surface area contributed by atoms with E-state index in [2.05, 4.69) is 14.8 Å². The molecule has 3 saturated heterocycles. The normalized spacial score (nSPS) is 24.3. The lowest BCUT2D eigenvalue weighted by Crippen LogP contribution is -2.41. The van der Waals surface area contributed by atoms with Crippen molar-refractivity contribution < 1.29 is 4.79 Å². The molecule has 2 aromatic rings. The first-order valence-corrected chi connectivity index (χ1v) is 8.73. The first-order chi connectivity index (χ1) is 10.8. The van der Waals surface area contributed by atoms with Crippen LogP contribution in [0.15, 0.2) is 35.8 Å². The number of hydrogen-bond acceptors (Lipinski definition) is 4. The van der Waals surface area contributed by atoms with Crippen LogP contribution in [0.3, 0.4) is 0 Å². The Kier molecular flexibility index (Phi) is 3.68. The average Bonchev–Trinajstić information content (AvgIpc) is 2.88. The predicted octanol–water partition coefficient (Wildman–Crippen LogP) is 2.73. The molecule has 5 heteroatoms. The van der Waals surface area contributed by atoms with E-state index in [0.29, 0.717) is 6.04 Å². The molecule has 2 aromatic heterocycles. The number of aromatic nitrogens is 1. The molecule has 0 aliphatic carbocycles. The van der Waals surface area contributed by atoms with Gasteiger partial charge in [-0.15, -0.1) is 11.3 Å². The van der Waals surface area contributed by atoms with E-state index in [1.807, 2.05) is 29.6 Å². The minimum atomic E-state index is 0.177. The van der Waals surface area contributed by atoms with Crippen molar-refractivity contribution in [3.63, 3.8) is 0 Å². The Morgan fingerprint density at radius 2 is 2.00 bits per heavy atom. The lowest BCUT2D eigenvalue weighted by molar-refractivity contribution is 0.0686. The average molecular weight is 313 g/mol. The molecule has 1 amide bonds. The van der Waals surface area contributed by atoms with Crippen LogP contribution in [0.4, 0.5) is 0 Å². The van der Waals surface area contributed by atoms with Crippen LogP contribution >= 0.6 is 11.3 Å². The van der Waals surface area contributed by atoms with E-state index < -0.39 is 0 Å². The summed E-state index contributed by atoms with van der Waals surface area (Å²) < 4.78 is 0. The zero-order valence-electron chi connectivity index (χ0n) is 12.4. The zero-order chi connectivity index (χ0) is 14.9. The first kappa shape index (κ1) is 13.9. The molecule has 3 fully saturated rings. The maximum atomic E-state index is 13.1. The van der Waals surface area contributed by atoms with Crippen LogP contribution in [-0.2, 0) is 0 Å². The molecular formula is C17H19N3OS. The van der Waals surface area contributed by atoms with E-state index in [1.165, 1.54) is 0 Å². The maximum absolute atomic E-state index is 13.1. The van der Waals surface area contributed by atoms with Crippen molar-refractivity contribution in [1.29, 1.82) is 0 Å². The quantitative estimate of drug-likeness (QED) is 0.855. The van der Waals surface area contributed by atoms with E-state index in [0.717, 1.165) is 55.2 Å². The number of carbonyl (C=O) groups excluding carboxylic acids is 1. The van der Waals surface area contributed by atoms with Crippen molar-refractivity contribution in [2.75, 3.05) is 26.2 Å². The summed E-state index contributed by atoms with van der Waals surface area (Å²) in [4.78, 5) is 23.0. The Balaban J connectivity index is 1.65. The maximum Gasteiger partial charge on any atom is 0.255 e. The topological polar surface area (TPSA) is 36.4 Å². The highest BCUT2D eigenvalue weighted by Gasteiger charge is 2.33. The van der Waals surface area contributed by atoms with E-state index in [1.54, 1.807) is 17.5 Å². The fourth-order valence-electron chi connectivity index (χ4n) is 3.48. The SMILES string of the molecule is O=C(c1ccsc1-c1ccccn1)N1CCN2CCC1CC2. The van der Waals surface area contributed by atoms with Crippen LogP contribution in [0.5, 0.6) is 0 Å². The predicted molar refractivity (Wildman–Crippen MR) is 88.0 cm³/mol. The Bertz CT molecular complexity index is 662. The van der Waals surface area contributed by atoms with Crippen molar-refractivity contribution >= 4 is 17.2 Å². The molecule has 114 valence electrons. The molecule has 22 heavy (non-hydrogen) atoms. The lowest BCUT2D eigenvalue weighted by Gasteiger charge is -2.31. The standard InChI is InChI=1S/C17H19N3OS/c21-17(20-11-10-19-8-4-13(20)5-9-19)14-6-12-22-16(14)15-3-1-2-7-18-15/h1-3,6-7,12-13H,4-5,8-11H2. The summed E-state index contributed by atoms with van der Waals surface area (Å²) in [7, 11) is 0. The highest BCUT2D eigenvalue weighted by Crippen LogP contribution is 2.31. The van der Waals surface area contributed by atoms with Crippen LogP contribution in [0.2, 0.25) is 0 Å². The van der Waals surface area contributed by atoms with Crippen molar-refractivity contribution in [2.24, 2.45) is 0 Å². The fourth-order valence-corrected chi connectivity index (χ4v) is 4.35. The monoisotopic (exact) mass is 313 g/mol. The van der Waals surface area contributed by atoms with Crippen molar-refractivity contribution in [1.82, 2.24) is 14.8 Å². The third kappa shape index (κ3) is 2.44. The summed E-state index contributed by atoms with van der Waals surface area (Å²) in [5, 5.41) is 2.00. The molecule has 0 unspecified atom stereocenters. The van der Waals surface area contributed by atoms with E-state index >= 15 is 0 Å². The summed E-state index contributed by atoms with van der Waals surface area (Å²) in [6, 6.07) is 8.21. The number of pyridine rings is 1. The third-order valence-corrected chi connectivity index (χ3v) is 5.65. The van der Waals surface area contributed by atoms with Gasteiger partial charge in [0.2, 0.25) is 0 Å². The van der Waals surface area contributed by atoms with Crippen LogP contribution < -0.4 is 0 Å². The van der Waals surface area contributed by atoms with Gasteiger partial charge in [0.25, 0.3) is 5.91 Å². The Morgan fingerprint density at radius 3 is 2.77 bits per heavy atom. The summed E-state index contributed by atoms with van der Waals surface area (Å²) in [6.07, 6.45) is 3.99. The van der Waals surface area contributed by atoms with Crippen molar-refractivity contribution in [3.05, 3.63) is 41.4 Å². The summed E-state index contributed by atoms with van der Waals surface area (Å²) in [6.45, 7) is 4.11. The number of carbonyl (C=O) groups is 1. The van der Waals surface area contributed by atoms with E-state index in [-0.39, 0.29) is 5.91 Å². The number of amides is 1. The summed E-state index contributed by atoms with van der Waals surface area (Å²) in [5.74, 6) is 0.177. The molecule has 2 bridgehead atoms. The number of nitrogens with zero attached hydrogens (tertiary/aromatic N) is 3. The van der Waals surface area contributed by atoms with Gasteiger partial charge < -0.3 is 9.80 Å². The molecule has 0 N–H and O–H groups in total. The van der Waals surface area contributed by atoms with Gasteiger partial charge >= 0.3 is 0 Å². The van der Waals surface area contributed by atoms with E-state index in [9.17, 15) is 4.79 Å². The summed E-state index contributed by atoms with van der Waals surface area (Å²) in [5.41, 5.74) is 1.70. The van der Waals surface area contributed by atoms with Crippen LogP contribution in [0.25, 0.3) is 10.6 Å². The second-order valence-corrected chi connectivity index (χ2v) is 6.87. The molecule has 0 radical (unpaired) electrons. The lowest BCUT2D eigenvalue weighted by atomic mass is 10.0. The number of thiophene rings is 1. The van der Waals surface area contributed by atoms with Gasteiger partial charge in [-0.25, -0.2) is 0 Å². The molecule has 5 rings (SSSR count). The number of rotatable bonds is 2. The Hall–Kier alpha value is -1.72. The number of fused-ring (bicyclic) bond motifs is 4. The van der Waals surface area contributed by atoms with Crippen molar-refractivity contribution in [2.45, 2.75) is 18.9 Å².